The molecule has 16 heteroatoms. The summed E-state index contributed by atoms with van der Waals surface area (Å²) in [6.45, 7) is 5.16. The number of nitrogens with one attached hydrogen (secondary N) is 4. The fraction of sp³-hybridized carbons (Fsp3) is 0.731. The SMILES string of the molecule is CCOC(=O)C(CCCCNC(=O)NCCCC(NC)C(=O)O)OC#N.CCOC(=O)C(CCCCNC=O)OC#N. The summed E-state index contributed by atoms with van der Waals surface area (Å²) in [6.07, 6.45) is 6.13. The number of hydrogen-bond acceptors (Lipinski definition) is 12. The number of nitrogens with zero attached hydrogens (tertiary/aromatic N) is 2. The first-order valence-corrected chi connectivity index (χ1v) is 13.7. The van der Waals surface area contributed by atoms with Gasteiger partial charge >= 0.3 is 23.9 Å². The van der Waals surface area contributed by atoms with E-state index in [1.54, 1.807) is 20.9 Å². The Morgan fingerprint density at radius 3 is 1.67 bits per heavy atom. The van der Waals surface area contributed by atoms with E-state index in [2.05, 4.69) is 30.7 Å². The number of nitriles is 2. The zero-order chi connectivity index (χ0) is 32.0. The molecule has 238 valence electrons. The Bertz CT molecular complexity index is 861. The lowest BCUT2D eigenvalue weighted by Crippen LogP contribution is -2.38. The normalized spacial score (nSPS) is 11.8. The summed E-state index contributed by atoms with van der Waals surface area (Å²) in [5.41, 5.74) is 0. The highest BCUT2D eigenvalue weighted by molar-refractivity contribution is 5.75. The van der Waals surface area contributed by atoms with Crippen molar-refractivity contribution >= 4 is 30.3 Å². The molecule has 0 aromatic heterocycles. The van der Waals surface area contributed by atoms with Crippen molar-refractivity contribution in [3.63, 3.8) is 0 Å². The maximum atomic E-state index is 11.6. The van der Waals surface area contributed by atoms with Crippen LogP contribution >= 0.6 is 0 Å². The third-order valence-electron chi connectivity index (χ3n) is 5.39. The molecule has 16 nitrogen and oxygen atoms in total. The molecular weight excluding hydrogens is 556 g/mol. The molecule has 0 heterocycles. The molecule has 0 aliphatic heterocycles. The van der Waals surface area contributed by atoms with E-state index in [0.29, 0.717) is 71.0 Å². The van der Waals surface area contributed by atoms with Gasteiger partial charge in [0.25, 0.3) is 12.5 Å². The van der Waals surface area contributed by atoms with Crippen LogP contribution in [0, 0.1) is 23.0 Å². The van der Waals surface area contributed by atoms with Gasteiger partial charge in [0.05, 0.1) is 13.2 Å². The van der Waals surface area contributed by atoms with E-state index in [1.807, 2.05) is 0 Å². The molecule has 3 amide bonds. The number of esters is 2. The van der Waals surface area contributed by atoms with Crippen LogP contribution in [0.25, 0.3) is 0 Å². The molecule has 3 unspecified atom stereocenters. The number of carbonyl (C=O) groups excluding carboxylic acids is 4. The predicted octanol–water partition coefficient (Wildman–Crippen LogP) is 0.670. The van der Waals surface area contributed by atoms with Crippen molar-refractivity contribution in [2.45, 2.75) is 83.5 Å². The van der Waals surface area contributed by atoms with Crippen LogP contribution < -0.4 is 21.3 Å². The number of unbranched alkanes of at least 4 members (excludes halogenated alkanes) is 2. The minimum absolute atomic E-state index is 0.216. The van der Waals surface area contributed by atoms with E-state index >= 15 is 0 Å². The molecule has 0 fully saturated rings. The van der Waals surface area contributed by atoms with Crippen LogP contribution in [0.5, 0.6) is 0 Å². The van der Waals surface area contributed by atoms with Crippen LogP contribution in [-0.4, -0.2) is 93.6 Å². The van der Waals surface area contributed by atoms with Crippen LogP contribution in [0.15, 0.2) is 0 Å². The second-order valence-corrected chi connectivity index (χ2v) is 8.47. The van der Waals surface area contributed by atoms with Crippen LogP contribution in [-0.2, 0) is 38.1 Å². The van der Waals surface area contributed by atoms with Gasteiger partial charge in [-0.15, -0.1) is 0 Å². The first-order valence-electron chi connectivity index (χ1n) is 13.7. The molecule has 0 spiro atoms. The zero-order valence-electron chi connectivity index (χ0n) is 24.5. The van der Waals surface area contributed by atoms with E-state index < -0.39 is 36.2 Å². The van der Waals surface area contributed by atoms with Crippen molar-refractivity contribution < 1.29 is 48.0 Å². The van der Waals surface area contributed by atoms with E-state index in [-0.39, 0.29) is 19.2 Å². The number of hydrogen-bond donors (Lipinski definition) is 5. The summed E-state index contributed by atoms with van der Waals surface area (Å²) in [7, 11) is 1.58. The lowest BCUT2D eigenvalue weighted by Gasteiger charge is -2.13. The Labute approximate surface area is 246 Å². The number of carboxylic acid groups (broad SMARTS) is 1. The van der Waals surface area contributed by atoms with Crippen LogP contribution in [0.1, 0.15) is 65.2 Å². The van der Waals surface area contributed by atoms with Crippen molar-refractivity contribution in [2.75, 3.05) is 39.9 Å². The monoisotopic (exact) mass is 600 g/mol. The quantitative estimate of drug-likeness (QED) is 0.0469. The highest BCUT2D eigenvalue weighted by Gasteiger charge is 2.21. The number of likely N-dealkylation sites (N-methyl/N-ethyl adjacent to an activating group) is 1. The smallest absolute Gasteiger partial charge is 0.348 e. The topological polar surface area (TPSA) is 238 Å². The molecule has 0 rings (SSSR count). The van der Waals surface area contributed by atoms with Crippen molar-refractivity contribution in [1.29, 1.82) is 10.5 Å². The summed E-state index contributed by atoms with van der Waals surface area (Å²) in [6, 6.07) is -0.959. The van der Waals surface area contributed by atoms with Gasteiger partial charge in [-0.25, -0.2) is 14.4 Å². The maximum Gasteiger partial charge on any atom is 0.348 e. The highest BCUT2D eigenvalue weighted by atomic mass is 16.6. The molecule has 0 bridgehead atoms. The number of carboxylic acids is 1. The van der Waals surface area contributed by atoms with Gasteiger partial charge in [-0.2, -0.15) is 10.5 Å². The summed E-state index contributed by atoms with van der Waals surface area (Å²) >= 11 is 0. The summed E-state index contributed by atoms with van der Waals surface area (Å²) in [5, 5.41) is 36.2. The van der Waals surface area contributed by atoms with Crippen molar-refractivity contribution in [1.82, 2.24) is 21.3 Å². The minimum Gasteiger partial charge on any atom is -0.480 e. The number of rotatable bonds is 23. The second kappa shape index (κ2) is 28.2. The maximum absolute atomic E-state index is 11.6. The molecule has 5 N–H and O–H groups in total. The van der Waals surface area contributed by atoms with E-state index in [4.69, 9.17) is 25.1 Å². The van der Waals surface area contributed by atoms with Gasteiger partial charge in [-0.05, 0) is 72.3 Å². The largest absolute Gasteiger partial charge is 0.480 e. The van der Waals surface area contributed by atoms with Crippen LogP contribution in [0.3, 0.4) is 0 Å². The van der Waals surface area contributed by atoms with Gasteiger partial charge in [0, 0.05) is 19.6 Å². The Hall–Kier alpha value is -4.31. The fourth-order valence-electron chi connectivity index (χ4n) is 3.28. The lowest BCUT2D eigenvalue weighted by atomic mass is 10.1. The Balaban J connectivity index is 0. The molecular formula is C26H44N6O10. The first-order chi connectivity index (χ1) is 20.2. The molecule has 42 heavy (non-hydrogen) atoms. The highest BCUT2D eigenvalue weighted by Crippen LogP contribution is 2.07. The molecule has 0 saturated heterocycles. The molecule has 0 aliphatic carbocycles. The van der Waals surface area contributed by atoms with Gasteiger partial charge in [0.1, 0.15) is 6.04 Å². The Kier molecular flexibility index (Phi) is 26.8. The average Bonchev–Trinajstić information content (AvgIpc) is 2.96. The van der Waals surface area contributed by atoms with Crippen molar-refractivity contribution in [2.24, 2.45) is 0 Å². The predicted molar refractivity (Wildman–Crippen MR) is 147 cm³/mol. The Morgan fingerprint density at radius 2 is 1.26 bits per heavy atom. The average molecular weight is 601 g/mol. The zero-order valence-corrected chi connectivity index (χ0v) is 24.5. The summed E-state index contributed by atoms with van der Waals surface area (Å²) in [4.78, 5) is 55.2. The number of aliphatic carboxylic acids is 1. The van der Waals surface area contributed by atoms with Gasteiger partial charge in [0.15, 0.2) is 0 Å². The summed E-state index contributed by atoms with van der Waals surface area (Å²) < 4.78 is 18.8. The number of carbonyl (C=O) groups is 5. The van der Waals surface area contributed by atoms with E-state index in [9.17, 15) is 24.0 Å². The number of urea groups is 1. The van der Waals surface area contributed by atoms with E-state index in [0.717, 1.165) is 6.42 Å². The standard InChI is InChI=1S/C16H28N4O6.C10H16N2O4/c1-3-25-15(23)13(26-11-17)8-4-5-9-19-16(24)20-10-6-7-12(18-2)14(21)22;1-2-15-10(14)9(16-7-11)5-3-4-6-12-8-13/h12-13,18H,3-10H2,1-2H3,(H,21,22)(H2,19,20,24);8-9H,2-6H2,1H3,(H,12,13). The Morgan fingerprint density at radius 1 is 0.786 bits per heavy atom. The molecule has 0 aromatic rings. The summed E-state index contributed by atoms with van der Waals surface area (Å²) in [5.74, 6) is -2.01. The molecule has 0 aliphatic rings. The van der Waals surface area contributed by atoms with Gasteiger partial charge in [-0.3, -0.25) is 9.59 Å². The third kappa shape index (κ3) is 22.5. The first kappa shape index (κ1) is 39.8. The van der Waals surface area contributed by atoms with Crippen LogP contribution in [0.4, 0.5) is 4.79 Å². The second-order valence-electron chi connectivity index (χ2n) is 8.47. The van der Waals surface area contributed by atoms with E-state index in [1.165, 1.54) is 12.5 Å². The van der Waals surface area contributed by atoms with Gasteiger partial charge in [-0.1, -0.05) is 0 Å². The van der Waals surface area contributed by atoms with Crippen molar-refractivity contribution in [3.05, 3.63) is 0 Å². The van der Waals surface area contributed by atoms with Crippen LogP contribution in [0.2, 0.25) is 0 Å². The molecule has 0 aromatic carbocycles. The molecule has 3 atom stereocenters. The lowest BCUT2D eigenvalue weighted by molar-refractivity contribution is -0.154. The minimum atomic E-state index is -0.918. The third-order valence-corrected chi connectivity index (χ3v) is 5.39. The van der Waals surface area contributed by atoms with Gasteiger partial charge in [0.2, 0.25) is 18.6 Å². The molecule has 0 saturated carbocycles. The van der Waals surface area contributed by atoms with Crippen molar-refractivity contribution in [3.8, 4) is 12.5 Å². The molecule has 0 radical (unpaired) electrons. The van der Waals surface area contributed by atoms with Gasteiger partial charge < -0.3 is 45.3 Å². The number of ether oxygens (including phenoxy) is 4. The fourth-order valence-corrected chi connectivity index (χ4v) is 3.28. The number of amides is 3.